The van der Waals surface area contributed by atoms with Crippen LogP contribution in [0.2, 0.25) is 10.0 Å². The number of rotatable bonds is 5. The minimum atomic E-state index is -0.242. The van der Waals surface area contributed by atoms with E-state index in [1.165, 1.54) is 18.4 Å². The van der Waals surface area contributed by atoms with E-state index in [1.807, 2.05) is 23.1 Å². The van der Waals surface area contributed by atoms with E-state index in [-0.39, 0.29) is 17.9 Å². The molecule has 0 aliphatic carbocycles. The maximum absolute atomic E-state index is 13.7. The van der Waals surface area contributed by atoms with E-state index in [0.29, 0.717) is 23.0 Å². The van der Waals surface area contributed by atoms with Gasteiger partial charge < -0.3 is 9.80 Å². The number of hydrogen-bond donors (Lipinski definition) is 0. The lowest BCUT2D eigenvalue weighted by atomic mass is 9.93. The number of likely N-dealkylation sites (tertiary alicyclic amines) is 1. The SMILES string of the molecule is O=C1[C@@H](c2ccc(Cl)c(Cl)c2)CC=CCN1C(CN1CCCC1)c1ccccc1. The highest BCUT2D eigenvalue weighted by Crippen LogP contribution is 2.34. The zero-order valence-electron chi connectivity index (χ0n) is 16.4. The summed E-state index contributed by atoms with van der Waals surface area (Å²) in [5.74, 6) is -0.0882. The van der Waals surface area contributed by atoms with Gasteiger partial charge in [-0.3, -0.25) is 4.79 Å². The third-order valence-electron chi connectivity index (χ3n) is 5.96. The van der Waals surface area contributed by atoms with Crippen LogP contribution in [0, 0.1) is 0 Å². The van der Waals surface area contributed by atoms with Crippen molar-refractivity contribution in [2.75, 3.05) is 26.2 Å². The van der Waals surface area contributed by atoms with Gasteiger partial charge >= 0.3 is 0 Å². The summed E-state index contributed by atoms with van der Waals surface area (Å²) in [6.45, 7) is 3.72. The van der Waals surface area contributed by atoms with Gasteiger partial charge in [0.05, 0.1) is 22.0 Å². The maximum atomic E-state index is 13.7. The highest BCUT2D eigenvalue weighted by Gasteiger charge is 2.33. The molecule has 2 atom stereocenters. The van der Waals surface area contributed by atoms with Crippen molar-refractivity contribution in [2.24, 2.45) is 0 Å². The molecule has 2 aromatic carbocycles. The molecule has 0 spiro atoms. The molecule has 3 nitrogen and oxygen atoms in total. The van der Waals surface area contributed by atoms with Gasteiger partial charge in [-0.2, -0.15) is 0 Å². The van der Waals surface area contributed by atoms with Crippen LogP contribution in [0.3, 0.4) is 0 Å². The molecule has 1 saturated heterocycles. The van der Waals surface area contributed by atoms with Crippen molar-refractivity contribution >= 4 is 29.1 Å². The number of allylic oxidation sites excluding steroid dienone is 1. The predicted octanol–water partition coefficient (Wildman–Crippen LogP) is 5.70. The van der Waals surface area contributed by atoms with Crippen LogP contribution in [0.15, 0.2) is 60.7 Å². The topological polar surface area (TPSA) is 23.6 Å². The summed E-state index contributed by atoms with van der Waals surface area (Å²) in [5, 5.41) is 1.01. The lowest BCUT2D eigenvalue weighted by molar-refractivity contribution is -0.134. The Morgan fingerprint density at radius 2 is 1.72 bits per heavy atom. The summed E-state index contributed by atoms with van der Waals surface area (Å²) in [4.78, 5) is 18.2. The molecule has 29 heavy (non-hydrogen) atoms. The highest BCUT2D eigenvalue weighted by molar-refractivity contribution is 6.42. The molecule has 1 fully saturated rings. The fourth-order valence-electron chi connectivity index (χ4n) is 4.37. The molecule has 5 heteroatoms. The quantitative estimate of drug-likeness (QED) is 0.569. The minimum Gasteiger partial charge on any atom is -0.330 e. The third kappa shape index (κ3) is 4.69. The molecule has 2 aliphatic heterocycles. The first kappa shape index (κ1) is 20.5. The second kappa shape index (κ2) is 9.34. The molecule has 1 amide bonds. The van der Waals surface area contributed by atoms with Gasteiger partial charge in [0, 0.05) is 13.1 Å². The monoisotopic (exact) mass is 428 g/mol. The maximum Gasteiger partial charge on any atom is 0.231 e. The number of nitrogens with zero attached hydrogens (tertiary/aromatic N) is 2. The van der Waals surface area contributed by atoms with Crippen molar-refractivity contribution in [1.82, 2.24) is 9.80 Å². The minimum absolute atomic E-state index is 0.0369. The molecule has 4 rings (SSSR count). The summed E-state index contributed by atoms with van der Waals surface area (Å²) in [7, 11) is 0. The second-order valence-corrected chi connectivity index (χ2v) is 8.67. The van der Waals surface area contributed by atoms with E-state index >= 15 is 0 Å². The molecule has 0 N–H and O–H groups in total. The van der Waals surface area contributed by atoms with Gasteiger partial charge in [0.1, 0.15) is 0 Å². The summed E-state index contributed by atoms with van der Waals surface area (Å²) in [6, 6.07) is 16.0. The summed E-state index contributed by atoms with van der Waals surface area (Å²) in [6.07, 6.45) is 7.39. The van der Waals surface area contributed by atoms with E-state index in [1.54, 1.807) is 6.07 Å². The van der Waals surface area contributed by atoms with Crippen molar-refractivity contribution in [3.63, 3.8) is 0 Å². The van der Waals surface area contributed by atoms with Gasteiger partial charge in [-0.05, 0) is 55.6 Å². The third-order valence-corrected chi connectivity index (χ3v) is 6.70. The van der Waals surface area contributed by atoms with Crippen molar-refractivity contribution in [3.8, 4) is 0 Å². The van der Waals surface area contributed by atoms with E-state index in [9.17, 15) is 4.79 Å². The molecule has 0 aromatic heterocycles. The number of benzene rings is 2. The molecule has 0 bridgehead atoms. The van der Waals surface area contributed by atoms with Gasteiger partial charge in [0.25, 0.3) is 0 Å². The Hall–Kier alpha value is -1.81. The Balaban J connectivity index is 1.66. The normalized spacial score (nSPS) is 21.4. The first-order chi connectivity index (χ1) is 14.1. The first-order valence-electron chi connectivity index (χ1n) is 10.3. The molecule has 0 radical (unpaired) electrons. The fourth-order valence-corrected chi connectivity index (χ4v) is 4.68. The van der Waals surface area contributed by atoms with Crippen molar-refractivity contribution in [2.45, 2.75) is 31.2 Å². The summed E-state index contributed by atoms with van der Waals surface area (Å²) < 4.78 is 0. The Morgan fingerprint density at radius 1 is 0.966 bits per heavy atom. The van der Waals surface area contributed by atoms with Crippen LogP contribution in [-0.2, 0) is 4.79 Å². The standard InChI is InChI=1S/C24H26Cl2N2O/c25-21-12-11-19(16-22(21)26)20-10-4-5-15-28(24(20)29)23(17-27-13-6-7-14-27)18-8-2-1-3-9-18/h1-5,8-9,11-12,16,20,23H,6-7,10,13-15,17H2/t20-,23?/m1/s1. The molecule has 2 aromatic rings. The molecule has 2 aliphatic rings. The van der Waals surface area contributed by atoms with Crippen molar-refractivity contribution in [3.05, 3.63) is 81.9 Å². The number of amides is 1. The van der Waals surface area contributed by atoms with Crippen LogP contribution in [-0.4, -0.2) is 41.9 Å². The lowest BCUT2D eigenvalue weighted by Gasteiger charge is -2.35. The van der Waals surface area contributed by atoms with Gasteiger partial charge in [-0.25, -0.2) is 0 Å². The van der Waals surface area contributed by atoms with E-state index in [4.69, 9.17) is 23.2 Å². The molecule has 152 valence electrons. The number of hydrogen-bond acceptors (Lipinski definition) is 2. The second-order valence-electron chi connectivity index (χ2n) is 7.86. The highest BCUT2D eigenvalue weighted by atomic mass is 35.5. The Labute approximate surface area is 182 Å². The van der Waals surface area contributed by atoms with Crippen molar-refractivity contribution < 1.29 is 4.79 Å². The number of halogens is 2. The van der Waals surface area contributed by atoms with Crippen molar-refractivity contribution in [1.29, 1.82) is 0 Å². The van der Waals surface area contributed by atoms with Crippen LogP contribution in [0.4, 0.5) is 0 Å². The number of carbonyl (C=O) groups is 1. The zero-order chi connectivity index (χ0) is 20.2. The fraction of sp³-hybridized carbons (Fsp3) is 0.375. The molecular formula is C24H26Cl2N2O. The Kier molecular flexibility index (Phi) is 6.59. The first-order valence-corrected chi connectivity index (χ1v) is 11.1. The van der Waals surface area contributed by atoms with E-state index < -0.39 is 0 Å². The Morgan fingerprint density at radius 3 is 2.45 bits per heavy atom. The molecular weight excluding hydrogens is 403 g/mol. The van der Waals surface area contributed by atoms with Gasteiger partial charge in [-0.15, -0.1) is 0 Å². The van der Waals surface area contributed by atoms with Gasteiger partial charge in [0.15, 0.2) is 0 Å². The van der Waals surface area contributed by atoms with Crippen LogP contribution in [0.1, 0.15) is 42.3 Å². The van der Waals surface area contributed by atoms with Crippen LogP contribution in [0.5, 0.6) is 0 Å². The van der Waals surface area contributed by atoms with E-state index in [0.717, 1.165) is 25.2 Å². The van der Waals surface area contributed by atoms with Crippen LogP contribution in [0.25, 0.3) is 0 Å². The average Bonchev–Trinajstić information content (AvgIpc) is 3.18. The molecule has 0 saturated carbocycles. The largest absolute Gasteiger partial charge is 0.330 e. The predicted molar refractivity (Wildman–Crippen MR) is 120 cm³/mol. The Bertz CT molecular complexity index is 878. The van der Waals surface area contributed by atoms with Crippen LogP contribution < -0.4 is 0 Å². The zero-order valence-corrected chi connectivity index (χ0v) is 17.9. The average molecular weight is 429 g/mol. The summed E-state index contributed by atoms with van der Waals surface area (Å²) >= 11 is 12.3. The van der Waals surface area contributed by atoms with E-state index in [2.05, 4.69) is 41.3 Å². The smallest absolute Gasteiger partial charge is 0.231 e. The number of carbonyl (C=O) groups excluding carboxylic acids is 1. The summed E-state index contributed by atoms with van der Waals surface area (Å²) in [5.41, 5.74) is 2.12. The molecule has 1 unspecified atom stereocenters. The van der Waals surface area contributed by atoms with Gasteiger partial charge in [-0.1, -0.05) is 71.8 Å². The van der Waals surface area contributed by atoms with Crippen LogP contribution >= 0.6 is 23.2 Å². The lowest BCUT2D eigenvalue weighted by Crippen LogP contribution is -2.42. The van der Waals surface area contributed by atoms with Gasteiger partial charge in [0.2, 0.25) is 5.91 Å². The molecule has 2 heterocycles.